The summed E-state index contributed by atoms with van der Waals surface area (Å²) in [6.07, 6.45) is 9.09. The van der Waals surface area contributed by atoms with Gasteiger partial charge >= 0.3 is 7.12 Å². The largest absolute Gasteiger partial charge is 0.491 e. The van der Waals surface area contributed by atoms with Crippen molar-refractivity contribution in [3.05, 3.63) is 54.1 Å². The third kappa shape index (κ3) is 7.26. The number of hydrogen-bond acceptors (Lipinski definition) is 3. The second-order valence-corrected chi connectivity index (χ2v) is 9.38. The highest BCUT2D eigenvalue weighted by Crippen LogP contribution is 2.26. The Morgan fingerprint density at radius 3 is 1.80 bits per heavy atom. The predicted molar refractivity (Wildman–Crippen MR) is 128 cm³/mol. The molecule has 2 N–H and O–H groups in total. The topological polar surface area (TPSA) is 49.7 Å². The standard InChI is InChI=1S/C26H39BO3/c1-6-7-8-9-10-11-12-21-13-15-22(16-14-21)23-17-19-24(20-18-23)27(29)30-26(4,5)25(2,3)28/h13-20,28-29H,6-12H2,1-5H3. The SMILES string of the molecule is CCCCCCCCc1ccc(-c2ccc(B(O)OC(C)(C)C(C)(C)O)cc2)cc1. The molecule has 0 heterocycles. The van der Waals surface area contributed by atoms with Crippen molar-refractivity contribution >= 4 is 12.6 Å². The Morgan fingerprint density at radius 2 is 1.27 bits per heavy atom. The highest BCUT2D eigenvalue weighted by atomic mass is 16.5. The zero-order valence-corrected chi connectivity index (χ0v) is 19.4. The van der Waals surface area contributed by atoms with Crippen LogP contribution in [0.15, 0.2) is 48.5 Å². The monoisotopic (exact) mass is 410 g/mol. The predicted octanol–water partition coefficient (Wildman–Crippen LogP) is 5.51. The molecule has 0 aliphatic carbocycles. The molecule has 0 amide bonds. The molecular formula is C26H39BO3. The number of hydrogen-bond donors (Lipinski definition) is 2. The molecule has 164 valence electrons. The molecule has 2 aromatic rings. The number of aryl methyl sites for hydroxylation is 1. The van der Waals surface area contributed by atoms with Gasteiger partial charge in [0.05, 0.1) is 11.2 Å². The molecule has 30 heavy (non-hydrogen) atoms. The minimum Gasteiger partial charge on any atom is -0.423 e. The van der Waals surface area contributed by atoms with Crippen LogP contribution in [0.2, 0.25) is 0 Å². The third-order valence-corrected chi connectivity index (χ3v) is 6.18. The molecule has 0 aromatic heterocycles. The van der Waals surface area contributed by atoms with Crippen molar-refractivity contribution < 1.29 is 14.8 Å². The summed E-state index contributed by atoms with van der Waals surface area (Å²) in [5.74, 6) is 0. The van der Waals surface area contributed by atoms with E-state index >= 15 is 0 Å². The molecular weight excluding hydrogens is 371 g/mol. The van der Waals surface area contributed by atoms with E-state index < -0.39 is 18.3 Å². The van der Waals surface area contributed by atoms with Gasteiger partial charge in [0, 0.05) is 0 Å². The van der Waals surface area contributed by atoms with Crippen LogP contribution in [0.1, 0.15) is 78.7 Å². The molecule has 0 spiro atoms. The maximum absolute atomic E-state index is 10.4. The summed E-state index contributed by atoms with van der Waals surface area (Å²) in [5.41, 5.74) is 2.40. The first-order valence-electron chi connectivity index (χ1n) is 11.4. The van der Waals surface area contributed by atoms with E-state index in [2.05, 4.69) is 31.2 Å². The van der Waals surface area contributed by atoms with Gasteiger partial charge in [-0.05, 0) is 62.7 Å². The van der Waals surface area contributed by atoms with E-state index in [1.165, 1.54) is 49.7 Å². The second-order valence-electron chi connectivity index (χ2n) is 9.38. The molecule has 0 unspecified atom stereocenters. The van der Waals surface area contributed by atoms with E-state index in [4.69, 9.17) is 4.65 Å². The first-order valence-corrected chi connectivity index (χ1v) is 11.4. The quantitative estimate of drug-likeness (QED) is 0.358. The number of benzene rings is 2. The van der Waals surface area contributed by atoms with Crippen molar-refractivity contribution in [2.24, 2.45) is 0 Å². The van der Waals surface area contributed by atoms with Gasteiger partial charge < -0.3 is 14.8 Å². The Hall–Kier alpha value is -1.62. The molecule has 0 fully saturated rings. The van der Waals surface area contributed by atoms with Gasteiger partial charge in [-0.15, -0.1) is 0 Å². The van der Waals surface area contributed by atoms with Crippen molar-refractivity contribution in [3.63, 3.8) is 0 Å². The van der Waals surface area contributed by atoms with Crippen molar-refractivity contribution in [1.82, 2.24) is 0 Å². The molecule has 0 saturated heterocycles. The summed E-state index contributed by atoms with van der Waals surface area (Å²) in [6.45, 7) is 9.16. The first-order chi connectivity index (χ1) is 14.1. The third-order valence-electron chi connectivity index (χ3n) is 6.18. The summed E-state index contributed by atoms with van der Waals surface area (Å²) in [5, 5.41) is 20.7. The summed E-state index contributed by atoms with van der Waals surface area (Å²) in [4.78, 5) is 0. The Balaban J connectivity index is 1.91. The summed E-state index contributed by atoms with van der Waals surface area (Å²) < 4.78 is 5.72. The van der Waals surface area contributed by atoms with Crippen LogP contribution in [0, 0.1) is 0 Å². The fourth-order valence-electron chi connectivity index (χ4n) is 3.30. The van der Waals surface area contributed by atoms with Crippen LogP contribution in [0.5, 0.6) is 0 Å². The molecule has 0 saturated carbocycles. The molecule has 0 radical (unpaired) electrons. The highest BCUT2D eigenvalue weighted by Gasteiger charge is 2.39. The van der Waals surface area contributed by atoms with E-state index in [1.54, 1.807) is 27.7 Å². The lowest BCUT2D eigenvalue weighted by Gasteiger charge is -2.38. The molecule has 0 aliphatic rings. The summed E-state index contributed by atoms with van der Waals surface area (Å²) in [6, 6.07) is 16.6. The molecule has 3 nitrogen and oxygen atoms in total. The van der Waals surface area contributed by atoms with Crippen LogP contribution in [0.3, 0.4) is 0 Å². The van der Waals surface area contributed by atoms with Crippen LogP contribution >= 0.6 is 0 Å². The normalized spacial score (nSPS) is 12.2. The van der Waals surface area contributed by atoms with E-state index in [0.29, 0.717) is 5.46 Å². The smallest absolute Gasteiger partial charge is 0.423 e. The van der Waals surface area contributed by atoms with Gasteiger partial charge in [0.15, 0.2) is 0 Å². The minimum atomic E-state index is -1.08. The minimum absolute atomic E-state index is 0.677. The van der Waals surface area contributed by atoms with Crippen LogP contribution < -0.4 is 5.46 Å². The Labute approximate surface area is 183 Å². The van der Waals surface area contributed by atoms with E-state index in [-0.39, 0.29) is 0 Å². The van der Waals surface area contributed by atoms with Gasteiger partial charge in [-0.25, -0.2) is 0 Å². The van der Waals surface area contributed by atoms with Crippen molar-refractivity contribution in [3.8, 4) is 11.1 Å². The van der Waals surface area contributed by atoms with Crippen LogP contribution in [-0.2, 0) is 11.1 Å². The maximum Gasteiger partial charge on any atom is 0.491 e. The van der Waals surface area contributed by atoms with Crippen molar-refractivity contribution in [2.45, 2.75) is 90.8 Å². The Bertz CT molecular complexity index is 745. The molecule has 2 rings (SSSR count). The highest BCUT2D eigenvalue weighted by molar-refractivity contribution is 6.60. The molecule has 0 aliphatic heterocycles. The second kappa shape index (κ2) is 11.1. The lowest BCUT2D eigenvalue weighted by atomic mass is 9.76. The van der Waals surface area contributed by atoms with Crippen molar-refractivity contribution in [1.29, 1.82) is 0 Å². The maximum atomic E-state index is 10.4. The average Bonchev–Trinajstić information content (AvgIpc) is 2.70. The van der Waals surface area contributed by atoms with Gasteiger partial charge in [0.25, 0.3) is 0 Å². The van der Waals surface area contributed by atoms with E-state index in [1.807, 2.05) is 24.3 Å². The molecule has 2 aromatic carbocycles. The molecule has 4 heteroatoms. The zero-order valence-electron chi connectivity index (χ0n) is 19.4. The van der Waals surface area contributed by atoms with Crippen molar-refractivity contribution in [2.75, 3.05) is 0 Å². The van der Waals surface area contributed by atoms with Gasteiger partial charge in [-0.2, -0.15) is 0 Å². The average molecular weight is 410 g/mol. The van der Waals surface area contributed by atoms with E-state index in [9.17, 15) is 10.1 Å². The Kier molecular flexibility index (Phi) is 9.15. The lowest BCUT2D eigenvalue weighted by Crippen LogP contribution is -2.53. The molecule has 0 atom stereocenters. The number of aliphatic hydroxyl groups is 1. The molecule has 0 bridgehead atoms. The van der Waals surface area contributed by atoms with Gasteiger partial charge in [-0.3, -0.25) is 0 Å². The van der Waals surface area contributed by atoms with Crippen LogP contribution in [-0.4, -0.2) is 28.5 Å². The van der Waals surface area contributed by atoms with Gasteiger partial charge in [0.2, 0.25) is 0 Å². The fraction of sp³-hybridized carbons (Fsp3) is 0.538. The fourth-order valence-corrected chi connectivity index (χ4v) is 3.30. The van der Waals surface area contributed by atoms with Crippen LogP contribution in [0.4, 0.5) is 0 Å². The Morgan fingerprint density at radius 1 is 0.767 bits per heavy atom. The van der Waals surface area contributed by atoms with Gasteiger partial charge in [0.1, 0.15) is 0 Å². The van der Waals surface area contributed by atoms with E-state index in [0.717, 1.165) is 12.0 Å². The summed E-state index contributed by atoms with van der Waals surface area (Å²) in [7, 11) is -1.08. The lowest BCUT2D eigenvalue weighted by molar-refractivity contribution is -0.0982. The summed E-state index contributed by atoms with van der Waals surface area (Å²) >= 11 is 0. The number of unbranched alkanes of at least 4 members (excludes halogenated alkanes) is 5. The first kappa shape index (κ1) is 24.7. The van der Waals surface area contributed by atoms with Gasteiger partial charge in [-0.1, -0.05) is 87.6 Å². The zero-order chi connectivity index (χ0) is 22.2. The van der Waals surface area contributed by atoms with Crippen LogP contribution in [0.25, 0.3) is 11.1 Å². The number of rotatable bonds is 12.